The molecule has 2 aliphatic carbocycles. The molecule has 0 bridgehead atoms. The second-order valence-electron chi connectivity index (χ2n) is 5.77. The number of rotatable bonds is 5. The zero-order valence-electron chi connectivity index (χ0n) is 11.0. The Morgan fingerprint density at radius 1 is 1.12 bits per heavy atom. The third-order valence-electron chi connectivity index (χ3n) is 4.00. The Balaban J connectivity index is 1.63. The lowest BCUT2D eigenvalue weighted by Gasteiger charge is -2.19. The van der Waals surface area contributed by atoms with Crippen molar-refractivity contribution in [2.45, 2.75) is 70.4 Å². The van der Waals surface area contributed by atoms with Crippen LogP contribution in [0.1, 0.15) is 58.3 Å². The first kappa shape index (κ1) is 12.9. The Bertz CT molecular complexity index is 243. The summed E-state index contributed by atoms with van der Waals surface area (Å²) in [4.78, 5) is 11.8. The van der Waals surface area contributed by atoms with Crippen molar-refractivity contribution < 1.29 is 4.79 Å². The van der Waals surface area contributed by atoms with Gasteiger partial charge >= 0.3 is 0 Å². The predicted octanol–water partition coefficient (Wildman–Crippen LogP) is 2.21. The van der Waals surface area contributed by atoms with Gasteiger partial charge in [0.25, 0.3) is 0 Å². The molecule has 1 unspecified atom stereocenters. The fourth-order valence-corrected chi connectivity index (χ4v) is 2.56. The first-order chi connectivity index (χ1) is 8.25. The number of hydrogen-bond donors (Lipinski definition) is 2. The highest BCUT2D eigenvalue weighted by Crippen LogP contribution is 2.22. The van der Waals surface area contributed by atoms with Gasteiger partial charge in [-0.05, 0) is 45.1 Å². The molecule has 98 valence electrons. The van der Waals surface area contributed by atoms with E-state index in [0.29, 0.717) is 6.04 Å². The van der Waals surface area contributed by atoms with Crippen molar-refractivity contribution in [3.8, 4) is 0 Å². The molecule has 2 rings (SSSR count). The molecule has 2 aliphatic rings. The highest BCUT2D eigenvalue weighted by atomic mass is 16.2. The minimum atomic E-state index is -0.0288. The Hall–Kier alpha value is -0.570. The van der Waals surface area contributed by atoms with Crippen LogP contribution in [-0.2, 0) is 4.79 Å². The average Bonchev–Trinajstić information content (AvgIpc) is 3.12. The van der Waals surface area contributed by atoms with Crippen molar-refractivity contribution in [3.63, 3.8) is 0 Å². The molecule has 2 N–H and O–H groups in total. The zero-order valence-corrected chi connectivity index (χ0v) is 11.0. The largest absolute Gasteiger partial charge is 0.352 e. The number of carbonyl (C=O) groups is 1. The molecule has 17 heavy (non-hydrogen) atoms. The second-order valence-corrected chi connectivity index (χ2v) is 5.77. The summed E-state index contributed by atoms with van der Waals surface area (Å²) in [7, 11) is 0. The Kier molecular flexibility index (Phi) is 4.84. The predicted molar refractivity (Wildman–Crippen MR) is 69.8 cm³/mol. The number of nitrogens with one attached hydrogen (secondary N) is 2. The molecule has 1 amide bonds. The maximum Gasteiger partial charge on any atom is 0.237 e. The molecule has 0 aromatic rings. The molecule has 2 saturated carbocycles. The number of amides is 1. The van der Waals surface area contributed by atoms with Gasteiger partial charge in [-0.25, -0.2) is 0 Å². The standard InChI is InChI=1S/C14H26N2O/c1-11(14(17)16-13-8-9-13)15-10-12-6-4-2-3-5-7-12/h11-13,15H,2-10H2,1H3,(H,16,17). The van der Waals surface area contributed by atoms with Crippen LogP contribution in [0.25, 0.3) is 0 Å². The SMILES string of the molecule is CC(NCC1CCCCCC1)C(=O)NC1CC1. The fourth-order valence-electron chi connectivity index (χ4n) is 2.56. The van der Waals surface area contributed by atoms with E-state index in [1.807, 2.05) is 6.92 Å². The third-order valence-corrected chi connectivity index (χ3v) is 4.00. The molecule has 3 heteroatoms. The molecular weight excluding hydrogens is 212 g/mol. The van der Waals surface area contributed by atoms with Crippen LogP contribution in [0.15, 0.2) is 0 Å². The Morgan fingerprint density at radius 2 is 1.76 bits per heavy atom. The van der Waals surface area contributed by atoms with Gasteiger partial charge in [0.05, 0.1) is 6.04 Å². The van der Waals surface area contributed by atoms with Crippen molar-refractivity contribution in [3.05, 3.63) is 0 Å². The van der Waals surface area contributed by atoms with Crippen molar-refractivity contribution >= 4 is 5.91 Å². The van der Waals surface area contributed by atoms with Gasteiger partial charge in [0.1, 0.15) is 0 Å². The van der Waals surface area contributed by atoms with Crippen LogP contribution in [0.4, 0.5) is 0 Å². The molecule has 3 nitrogen and oxygen atoms in total. The Morgan fingerprint density at radius 3 is 2.35 bits per heavy atom. The van der Waals surface area contributed by atoms with E-state index >= 15 is 0 Å². The van der Waals surface area contributed by atoms with E-state index in [9.17, 15) is 4.79 Å². The molecule has 0 aliphatic heterocycles. The molecule has 0 radical (unpaired) electrons. The maximum atomic E-state index is 11.8. The van der Waals surface area contributed by atoms with E-state index in [-0.39, 0.29) is 11.9 Å². The minimum Gasteiger partial charge on any atom is -0.352 e. The lowest BCUT2D eigenvalue weighted by Crippen LogP contribution is -2.44. The van der Waals surface area contributed by atoms with Crippen molar-refractivity contribution in [1.82, 2.24) is 10.6 Å². The molecule has 0 heterocycles. The van der Waals surface area contributed by atoms with Gasteiger partial charge in [0, 0.05) is 6.04 Å². The van der Waals surface area contributed by atoms with Crippen LogP contribution in [0.2, 0.25) is 0 Å². The second kappa shape index (κ2) is 6.39. The van der Waals surface area contributed by atoms with Gasteiger partial charge < -0.3 is 10.6 Å². The van der Waals surface area contributed by atoms with E-state index in [1.54, 1.807) is 0 Å². The van der Waals surface area contributed by atoms with E-state index in [0.717, 1.165) is 12.5 Å². The fraction of sp³-hybridized carbons (Fsp3) is 0.929. The van der Waals surface area contributed by atoms with Gasteiger partial charge in [-0.2, -0.15) is 0 Å². The van der Waals surface area contributed by atoms with E-state index < -0.39 is 0 Å². The summed E-state index contributed by atoms with van der Waals surface area (Å²) in [6.45, 7) is 2.99. The van der Waals surface area contributed by atoms with Crippen LogP contribution in [-0.4, -0.2) is 24.5 Å². The van der Waals surface area contributed by atoms with Gasteiger partial charge in [-0.15, -0.1) is 0 Å². The van der Waals surface area contributed by atoms with Crippen LogP contribution in [0.5, 0.6) is 0 Å². The first-order valence-electron chi connectivity index (χ1n) is 7.29. The van der Waals surface area contributed by atoms with Crippen LogP contribution in [0.3, 0.4) is 0 Å². The molecule has 0 saturated heterocycles. The highest BCUT2D eigenvalue weighted by Gasteiger charge is 2.25. The molecule has 0 aromatic heterocycles. The van der Waals surface area contributed by atoms with Crippen molar-refractivity contribution in [2.24, 2.45) is 5.92 Å². The van der Waals surface area contributed by atoms with Crippen molar-refractivity contribution in [2.75, 3.05) is 6.54 Å². The summed E-state index contributed by atoms with van der Waals surface area (Å²) >= 11 is 0. The minimum absolute atomic E-state index is 0.0288. The number of carbonyl (C=O) groups excluding carboxylic acids is 1. The summed E-state index contributed by atoms with van der Waals surface area (Å²) in [6, 6.07) is 0.448. The smallest absolute Gasteiger partial charge is 0.237 e. The Labute approximate surface area is 105 Å². The first-order valence-corrected chi connectivity index (χ1v) is 7.29. The van der Waals surface area contributed by atoms with Gasteiger partial charge in [-0.3, -0.25) is 4.79 Å². The lowest BCUT2D eigenvalue weighted by atomic mass is 10.0. The summed E-state index contributed by atoms with van der Waals surface area (Å²) in [6.07, 6.45) is 10.5. The zero-order chi connectivity index (χ0) is 12.1. The highest BCUT2D eigenvalue weighted by molar-refractivity contribution is 5.81. The van der Waals surface area contributed by atoms with Gasteiger partial charge in [0.15, 0.2) is 0 Å². The van der Waals surface area contributed by atoms with Crippen LogP contribution >= 0.6 is 0 Å². The summed E-state index contributed by atoms with van der Waals surface area (Å²) < 4.78 is 0. The lowest BCUT2D eigenvalue weighted by molar-refractivity contribution is -0.122. The van der Waals surface area contributed by atoms with Gasteiger partial charge in [-0.1, -0.05) is 25.7 Å². The van der Waals surface area contributed by atoms with Gasteiger partial charge in [0.2, 0.25) is 5.91 Å². The third kappa shape index (κ3) is 4.66. The molecule has 2 fully saturated rings. The molecular formula is C14H26N2O. The normalized spacial score (nSPS) is 24.1. The van der Waals surface area contributed by atoms with E-state index in [4.69, 9.17) is 0 Å². The van der Waals surface area contributed by atoms with Crippen molar-refractivity contribution in [1.29, 1.82) is 0 Å². The topological polar surface area (TPSA) is 41.1 Å². The number of hydrogen-bond acceptors (Lipinski definition) is 2. The summed E-state index contributed by atoms with van der Waals surface area (Å²) in [5.74, 6) is 0.967. The summed E-state index contributed by atoms with van der Waals surface area (Å²) in [5, 5.41) is 6.45. The molecule has 1 atom stereocenters. The molecule has 0 aromatic carbocycles. The van der Waals surface area contributed by atoms with Crippen LogP contribution in [0, 0.1) is 5.92 Å². The monoisotopic (exact) mass is 238 g/mol. The maximum absolute atomic E-state index is 11.8. The quantitative estimate of drug-likeness (QED) is 0.721. The summed E-state index contributed by atoms with van der Waals surface area (Å²) in [5.41, 5.74) is 0. The van der Waals surface area contributed by atoms with E-state index in [1.165, 1.54) is 51.4 Å². The average molecular weight is 238 g/mol. The van der Waals surface area contributed by atoms with E-state index in [2.05, 4.69) is 10.6 Å². The molecule has 0 spiro atoms. The van der Waals surface area contributed by atoms with Crippen LogP contribution < -0.4 is 10.6 Å².